The van der Waals surface area contributed by atoms with Gasteiger partial charge in [0.15, 0.2) is 0 Å². The SMILES string of the molecule is c1ccc2cc(-c3nc(-n4c5ccccc5c5cc6c(ccc7oc8ccccc8c76)cc54)nc4ccccc34)ccc2c1. The summed E-state index contributed by atoms with van der Waals surface area (Å²) in [5, 5.41) is 10.4. The first kappa shape index (κ1) is 23.6. The van der Waals surface area contributed by atoms with E-state index in [0.717, 1.165) is 65.9 Å². The van der Waals surface area contributed by atoms with Crippen molar-refractivity contribution in [3.05, 3.63) is 140 Å². The van der Waals surface area contributed by atoms with Gasteiger partial charge in [-0.15, -0.1) is 0 Å². The van der Waals surface area contributed by atoms with Crippen molar-refractivity contribution in [2.75, 3.05) is 0 Å². The number of furan rings is 1. The zero-order chi connectivity index (χ0) is 28.8. The summed E-state index contributed by atoms with van der Waals surface area (Å²) in [4.78, 5) is 10.5. The van der Waals surface area contributed by atoms with Crippen molar-refractivity contribution >= 4 is 76.2 Å². The first-order valence-electron chi connectivity index (χ1n) is 14.8. The van der Waals surface area contributed by atoms with Crippen LogP contribution < -0.4 is 0 Å². The standard InChI is InChI=1S/C40H23N3O/c1-2-10-25-21-27(18-17-24(25)9-1)39-29-12-3-6-14-33(29)41-40(42-39)43-34-15-7-4-11-28(34)32-23-31-26(22-35(32)43)19-20-37-38(31)30-13-5-8-16-36(30)44-37/h1-23H. The zero-order valence-corrected chi connectivity index (χ0v) is 23.5. The molecule has 0 atom stereocenters. The lowest BCUT2D eigenvalue weighted by Crippen LogP contribution is -2.03. The molecular formula is C40H23N3O. The molecule has 0 N–H and O–H groups in total. The van der Waals surface area contributed by atoms with E-state index in [0.29, 0.717) is 5.95 Å². The molecule has 0 radical (unpaired) electrons. The second kappa shape index (κ2) is 8.76. The Balaban J connectivity index is 1.30. The molecule has 0 aliphatic heterocycles. The largest absolute Gasteiger partial charge is 0.456 e. The molecule has 10 aromatic rings. The van der Waals surface area contributed by atoms with Crippen molar-refractivity contribution in [1.82, 2.24) is 14.5 Å². The molecule has 7 aromatic carbocycles. The average molecular weight is 562 g/mol. The Hall–Kier alpha value is -6.00. The Morgan fingerprint density at radius 1 is 0.455 bits per heavy atom. The van der Waals surface area contributed by atoms with Gasteiger partial charge in [-0.3, -0.25) is 4.57 Å². The molecule has 0 saturated carbocycles. The molecule has 4 heteroatoms. The number of benzene rings is 7. The lowest BCUT2D eigenvalue weighted by Gasteiger charge is -2.12. The summed E-state index contributed by atoms with van der Waals surface area (Å²) in [6.45, 7) is 0. The highest BCUT2D eigenvalue weighted by molar-refractivity contribution is 6.23. The highest BCUT2D eigenvalue weighted by atomic mass is 16.3. The maximum Gasteiger partial charge on any atom is 0.235 e. The normalized spacial score (nSPS) is 12.1. The molecule has 0 saturated heterocycles. The fourth-order valence-electron chi connectivity index (χ4n) is 6.95. The van der Waals surface area contributed by atoms with Gasteiger partial charge < -0.3 is 4.42 Å². The van der Waals surface area contributed by atoms with E-state index >= 15 is 0 Å². The summed E-state index contributed by atoms with van der Waals surface area (Å²) in [7, 11) is 0. The van der Waals surface area contributed by atoms with Crippen molar-refractivity contribution in [3.8, 4) is 17.2 Å². The summed E-state index contributed by atoms with van der Waals surface area (Å²) in [6.07, 6.45) is 0. The number of rotatable bonds is 2. The number of fused-ring (bicyclic) bond motifs is 10. The molecule has 0 spiro atoms. The van der Waals surface area contributed by atoms with E-state index in [1.807, 2.05) is 18.2 Å². The van der Waals surface area contributed by atoms with Crippen molar-refractivity contribution in [1.29, 1.82) is 0 Å². The summed E-state index contributed by atoms with van der Waals surface area (Å²) >= 11 is 0. The Morgan fingerprint density at radius 3 is 2.14 bits per heavy atom. The van der Waals surface area contributed by atoms with Crippen LogP contribution in [-0.2, 0) is 0 Å². The third-order valence-electron chi connectivity index (χ3n) is 8.96. The maximum atomic E-state index is 6.23. The first-order chi connectivity index (χ1) is 21.8. The van der Waals surface area contributed by atoms with E-state index in [1.165, 1.54) is 21.5 Å². The molecular weight excluding hydrogens is 538 g/mol. The predicted molar refractivity (Wildman–Crippen MR) is 182 cm³/mol. The molecule has 204 valence electrons. The Bertz CT molecular complexity index is 2790. The van der Waals surface area contributed by atoms with Gasteiger partial charge in [0, 0.05) is 32.5 Å². The van der Waals surface area contributed by atoms with Gasteiger partial charge in [-0.1, -0.05) is 97.1 Å². The van der Waals surface area contributed by atoms with Crippen molar-refractivity contribution in [2.24, 2.45) is 0 Å². The molecule has 0 aliphatic rings. The molecule has 44 heavy (non-hydrogen) atoms. The number of hydrogen-bond acceptors (Lipinski definition) is 3. The minimum atomic E-state index is 0.659. The van der Waals surface area contributed by atoms with Gasteiger partial charge in [0.25, 0.3) is 0 Å². The van der Waals surface area contributed by atoms with Crippen LogP contribution in [0.25, 0.3) is 93.4 Å². The van der Waals surface area contributed by atoms with Crippen LogP contribution in [0.5, 0.6) is 0 Å². The summed E-state index contributed by atoms with van der Waals surface area (Å²) in [5.41, 5.74) is 6.87. The smallest absolute Gasteiger partial charge is 0.235 e. The number of hydrogen-bond donors (Lipinski definition) is 0. The molecule has 0 fully saturated rings. The lowest BCUT2D eigenvalue weighted by molar-refractivity contribution is 0.669. The second-order valence-electron chi connectivity index (χ2n) is 11.4. The van der Waals surface area contributed by atoms with Crippen LogP contribution >= 0.6 is 0 Å². The van der Waals surface area contributed by atoms with Crippen LogP contribution in [0, 0.1) is 0 Å². The number of nitrogens with zero attached hydrogens (tertiary/aromatic N) is 3. The van der Waals surface area contributed by atoms with Crippen LogP contribution in [0.4, 0.5) is 0 Å². The molecule has 0 aliphatic carbocycles. The summed E-state index contributed by atoms with van der Waals surface area (Å²) in [5.74, 6) is 0.659. The second-order valence-corrected chi connectivity index (χ2v) is 11.4. The molecule has 3 heterocycles. The van der Waals surface area contributed by atoms with Gasteiger partial charge in [0.1, 0.15) is 11.2 Å². The number of aromatic nitrogens is 3. The average Bonchev–Trinajstić information content (AvgIpc) is 3.62. The molecule has 4 nitrogen and oxygen atoms in total. The lowest BCUT2D eigenvalue weighted by atomic mass is 10.0. The van der Waals surface area contributed by atoms with Crippen LogP contribution in [0.15, 0.2) is 144 Å². The van der Waals surface area contributed by atoms with E-state index in [4.69, 9.17) is 14.4 Å². The van der Waals surface area contributed by atoms with Crippen molar-refractivity contribution in [2.45, 2.75) is 0 Å². The fraction of sp³-hybridized carbons (Fsp3) is 0. The summed E-state index contributed by atoms with van der Waals surface area (Å²) in [6, 6.07) is 49.0. The Kier molecular flexibility index (Phi) is 4.69. The monoisotopic (exact) mass is 561 g/mol. The molecule has 3 aromatic heterocycles. The van der Waals surface area contributed by atoms with E-state index < -0.39 is 0 Å². The number of para-hydroxylation sites is 3. The highest BCUT2D eigenvalue weighted by Crippen LogP contribution is 2.40. The van der Waals surface area contributed by atoms with Gasteiger partial charge in [-0.05, 0) is 64.0 Å². The third kappa shape index (κ3) is 3.28. The molecule has 0 bridgehead atoms. The zero-order valence-electron chi connectivity index (χ0n) is 23.5. The molecule has 10 rings (SSSR count). The van der Waals surface area contributed by atoms with E-state index in [9.17, 15) is 0 Å². The van der Waals surface area contributed by atoms with Gasteiger partial charge in [-0.2, -0.15) is 0 Å². The third-order valence-corrected chi connectivity index (χ3v) is 8.96. The maximum absolute atomic E-state index is 6.23. The van der Waals surface area contributed by atoms with Gasteiger partial charge in [0.2, 0.25) is 5.95 Å². The van der Waals surface area contributed by atoms with Gasteiger partial charge in [-0.25, -0.2) is 9.97 Å². The summed E-state index contributed by atoms with van der Waals surface area (Å²) < 4.78 is 8.45. The van der Waals surface area contributed by atoms with Gasteiger partial charge in [0.05, 0.1) is 22.2 Å². The van der Waals surface area contributed by atoms with Crippen molar-refractivity contribution < 1.29 is 4.42 Å². The minimum Gasteiger partial charge on any atom is -0.456 e. The van der Waals surface area contributed by atoms with Crippen LogP contribution in [0.2, 0.25) is 0 Å². The van der Waals surface area contributed by atoms with Crippen LogP contribution in [0.3, 0.4) is 0 Å². The van der Waals surface area contributed by atoms with Crippen LogP contribution in [-0.4, -0.2) is 14.5 Å². The Labute approximate surface area is 251 Å². The Morgan fingerprint density at radius 2 is 1.20 bits per heavy atom. The quantitative estimate of drug-likeness (QED) is 0.211. The van der Waals surface area contributed by atoms with Gasteiger partial charge >= 0.3 is 0 Å². The molecule has 0 amide bonds. The van der Waals surface area contributed by atoms with E-state index in [-0.39, 0.29) is 0 Å². The molecule has 0 unspecified atom stereocenters. The van der Waals surface area contributed by atoms with Crippen molar-refractivity contribution in [3.63, 3.8) is 0 Å². The minimum absolute atomic E-state index is 0.659. The fourth-order valence-corrected chi connectivity index (χ4v) is 6.95. The van der Waals surface area contributed by atoms with E-state index in [1.54, 1.807) is 0 Å². The van der Waals surface area contributed by atoms with Crippen LogP contribution in [0.1, 0.15) is 0 Å². The predicted octanol–water partition coefficient (Wildman–Crippen LogP) is 10.6. The van der Waals surface area contributed by atoms with E-state index in [2.05, 4.69) is 126 Å². The first-order valence-corrected chi connectivity index (χ1v) is 14.8. The topological polar surface area (TPSA) is 43.9 Å². The highest BCUT2D eigenvalue weighted by Gasteiger charge is 2.19.